The molecule has 0 saturated heterocycles. The highest BCUT2D eigenvalue weighted by atomic mass is 32.2. The number of benzene rings is 4. The summed E-state index contributed by atoms with van der Waals surface area (Å²) in [4.78, 5) is 8.83. The molecule has 1 aliphatic heterocycles. The first kappa shape index (κ1) is 23.1. The number of nitrogens with zero attached hydrogens (tertiary/aromatic N) is 2. The zero-order chi connectivity index (χ0) is 24.5. The van der Waals surface area contributed by atoms with Gasteiger partial charge in [0.25, 0.3) is 0 Å². The Bertz CT molecular complexity index is 1610. The largest absolute Gasteiger partial charge is 0.335 e. The van der Waals surface area contributed by atoms with Crippen molar-refractivity contribution in [2.24, 2.45) is 0 Å². The molecule has 1 aliphatic rings. The molecular formula is C32H28N2S2. The number of hydrogen-bond acceptors (Lipinski definition) is 4. The molecule has 6 rings (SSSR count). The Morgan fingerprint density at radius 3 is 2.61 bits per heavy atom. The van der Waals surface area contributed by atoms with Crippen molar-refractivity contribution in [3.8, 4) is 11.1 Å². The van der Waals surface area contributed by atoms with Crippen molar-refractivity contribution in [3.05, 3.63) is 107 Å². The smallest absolute Gasteiger partial charge is 0.117 e. The van der Waals surface area contributed by atoms with Gasteiger partial charge in [0, 0.05) is 16.8 Å². The maximum Gasteiger partial charge on any atom is 0.117 e. The molecule has 1 aromatic heterocycles. The molecule has 2 heterocycles. The molecule has 0 atom stereocenters. The van der Waals surface area contributed by atoms with Gasteiger partial charge >= 0.3 is 0 Å². The number of fused-ring (bicyclic) bond motifs is 4. The number of hydrogen-bond donors (Lipinski definition) is 0. The molecule has 0 N–H and O–H groups in total. The van der Waals surface area contributed by atoms with Crippen molar-refractivity contribution < 1.29 is 0 Å². The third kappa shape index (κ3) is 4.47. The minimum absolute atomic E-state index is 1.03. The zero-order valence-electron chi connectivity index (χ0n) is 20.6. The summed E-state index contributed by atoms with van der Waals surface area (Å²) in [6.07, 6.45) is 6.90. The summed E-state index contributed by atoms with van der Waals surface area (Å²) in [5.74, 6) is 0. The summed E-state index contributed by atoms with van der Waals surface area (Å²) in [7, 11) is 0. The Labute approximate surface area is 221 Å². The number of unbranched alkanes of at least 4 members (excludes halogenated alkanes) is 1. The van der Waals surface area contributed by atoms with Crippen LogP contribution in [0.3, 0.4) is 0 Å². The predicted octanol–water partition coefficient (Wildman–Crippen LogP) is 9.77. The highest BCUT2D eigenvalue weighted by Gasteiger charge is 2.25. The fourth-order valence-corrected chi connectivity index (χ4v) is 6.91. The van der Waals surface area contributed by atoms with Gasteiger partial charge in [-0.3, -0.25) is 0 Å². The van der Waals surface area contributed by atoms with Crippen LogP contribution in [0.4, 0.5) is 5.69 Å². The third-order valence-corrected chi connectivity index (χ3v) is 8.66. The van der Waals surface area contributed by atoms with Gasteiger partial charge < -0.3 is 4.90 Å². The van der Waals surface area contributed by atoms with Gasteiger partial charge in [-0.25, -0.2) is 4.98 Å². The normalized spacial score (nSPS) is 14.8. The molecule has 2 nitrogen and oxygen atoms in total. The van der Waals surface area contributed by atoms with Crippen molar-refractivity contribution in [2.75, 3.05) is 11.4 Å². The lowest BCUT2D eigenvalue weighted by Gasteiger charge is -2.21. The number of thioether (sulfide) groups is 1. The number of allylic oxidation sites excluding steroid dienone is 2. The third-order valence-electron chi connectivity index (χ3n) is 6.58. The Morgan fingerprint density at radius 2 is 1.75 bits per heavy atom. The van der Waals surface area contributed by atoms with Gasteiger partial charge in [-0.15, -0.1) is 11.3 Å². The monoisotopic (exact) mass is 504 g/mol. The number of anilines is 1. The van der Waals surface area contributed by atoms with E-state index in [0.29, 0.717) is 0 Å². The van der Waals surface area contributed by atoms with Crippen LogP contribution in [0.25, 0.3) is 38.2 Å². The summed E-state index contributed by atoms with van der Waals surface area (Å²) < 4.78 is 1.24. The molecule has 0 spiro atoms. The van der Waals surface area contributed by atoms with Gasteiger partial charge in [-0.2, -0.15) is 0 Å². The Morgan fingerprint density at radius 1 is 0.917 bits per heavy atom. The maximum absolute atomic E-state index is 5.00. The maximum atomic E-state index is 5.00. The molecule has 0 saturated carbocycles. The number of thiazole rings is 1. The molecule has 0 fully saturated rings. The molecule has 0 aliphatic carbocycles. The van der Waals surface area contributed by atoms with Crippen LogP contribution >= 0.6 is 23.1 Å². The molecule has 0 unspecified atom stereocenters. The van der Waals surface area contributed by atoms with E-state index in [1.165, 1.54) is 60.6 Å². The van der Waals surface area contributed by atoms with Gasteiger partial charge in [0.2, 0.25) is 0 Å². The Balaban J connectivity index is 1.34. The molecule has 0 radical (unpaired) electrons. The van der Waals surface area contributed by atoms with E-state index in [-0.39, 0.29) is 0 Å². The first-order chi connectivity index (χ1) is 17.7. The lowest BCUT2D eigenvalue weighted by Crippen LogP contribution is -2.19. The van der Waals surface area contributed by atoms with Crippen LogP contribution < -0.4 is 4.90 Å². The molecular weight excluding hydrogens is 477 g/mol. The van der Waals surface area contributed by atoms with E-state index >= 15 is 0 Å². The minimum atomic E-state index is 1.03. The predicted molar refractivity (Wildman–Crippen MR) is 159 cm³/mol. The number of rotatable bonds is 6. The van der Waals surface area contributed by atoms with Crippen LogP contribution in [0.5, 0.6) is 0 Å². The lowest BCUT2D eigenvalue weighted by molar-refractivity contribution is 0.779. The van der Waals surface area contributed by atoms with Crippen LogP contribution in [-0.4, -0.2) is 11.5 Å². The highest BCUT2D eigenvalue weighted by molar-refractivity contribution is 8.03. The molecule has 0 amide bonds. The number of aromatic nitrogens is 1. The first-order valence-electron chi connectivity index (χ1n) is 12.5. The standard InChI is InChI=1S/C32H28N2S2/c1-3-4-18-34-27-21-25(23-10-6-5-7-11-23)15-16-28(27)36-31(34)20-22(2)19-30-33-32-26-13-9-8-12-24(26)14-17-29(32)35-30/h5-17,19-21H,3-4,18H2,1-2H3/b22-19+,31-20?. The van der Waals surface area contributed by atoms with Crippen LogP contribution in [0, 0.1) is 0 Å². The second-order valence-electron chi connectivity index (χ2n) is 9.21. The molecule has 36 heavy (non-hydrogen) atoms. The average Bonchev–Trinajstić information content (AvgIpc) is 3.47. The molecule has 4 heteroatoms. The summed E-state index contributed by atoms with van der Waals surface area (Å²) in [6.45, 7) is 5.48. The van der Waals surface area contributed by atoms with Crippen LogP contribution in [0.15, 0.2) is 107 Å². The van der Waals surface area contributed by atoms with E-state index in [1.807, 2.05) is 11.8 Å². The van der Waals surface area contributed by atoms with Crippen molar-refractivity contribution in [3.63, 3.8) is 0 Å². The van der Waals surface area contributed by atoms with Gasteiger partial charge in [0.05, 0.1) is 20.9 Å². The van der Waals surface area contributed by atoms with Gasteiger partial charge in [-0.1, -0.05) is 91.8 Å². The summed E-state index contributed by atoms with van der Waals surface area (Å²) in [6, 6.07) is 30.4. The fraction of sp³-hybridized carbons (Fsp3) is 0.156. The van der Waals surface area contributed by atoms with E-state index in [0.717, 1.165) is 17.1 Å². The quantitative estimate of drug-likeness (QED) is 0.229. The molecule has 5 aromatic rings. The Hall–Kier alpha value is -3.34. The Kier molecular flexibility index (Phi) is 6.39. The lowest BCUT2D eigenvalue weighted by atomic mass is 10.0. The highest BCUT2D eigenvalue weighted by Crippen LogP contribution is 2.48. The van der Waals surface area contributed by atoms with Crippen molar-refractivity contribution in [2.45, 2.75) is 31.6 Å². The van der Waals surface area contributed by atoms with Crippen molar-refractivity contribution in [1.82, 2.24) is 4.98 Å². The van der Waals surface area contributed by atoms with Crippen LogP contribution in [0.2, 0.25) is 0 Å². The van der Waals surface area contributed by atoms with Gasteiger partial charge in [0.15, 0.2) is 0 Å². The van der Waals surface area contributed by atoms with Crippen molar-refractivity contribution in [1.29, 1.82) is 0 Å². The molecule has 178 valence electrons. The van der Waals surface area contributed by atoms with Crippen LogP contribution in [0.1, 0.15) is 31.7 Å². The van der Waals surface area contributed by atoms with E-state index in [9.17, 15) is 0 Å². The van der Waals surface area contributed by atoms with E-state index in [2.05, 4.69) is 116 Å². The second-order valence-corrected chi connectivity index (χ2v) is 11.3. The minimum Gasteiger partial charge on any atom is -0.335 e. The first-order valence-corrected chi connectivity index (χ1v) is 14.2. The van der Waals surface area contributed by atoms with Crippen molar-refractivity contribution >= 4 is 55.9 Å². The van der Waals surface area contributed by atoms with E-state index in [4.69, 9.17) is 4.98 Å². The van der Waals surface area contributed by atoms with Crippen LogP contribution in [-0.2, 0) is 0 Å². The van der Waals surface area contributed by atoms with Gasteiger partial charge in [-0.05, 0) is 65.8 Å². The topological polar surface area (TPSA) is 16.1 Å². The zero-order valence-corrected chi connectivity index (χ0v) is 22.2. The second kappa shape index (κ2) is 9.96. The summed E-state index contributed by atoms with van der Waals surface area (Å²) in [5.41, 5.74) is 6.17. The fourth-order valence-electron chi connectivity index (χ4n) is 4.74. The van der Waals surface area contributed by atoms with E-state index < -0.39 is 0 Å². The summed E-state index contributed by atoms with van der Waals surface area (Å²) >= 11 is 3.64. The molecule has 4 aromatic carbocycles. The van der Waals surface area contributed by atoms with E-state index in [1.54, 1.807) is 11.3 Å². The molecule has 0 bridgehead atoms. The summed E-state index contributed by atoms with van der Waals surface area (Å²) in [5, 5.41) is 4.82. The average molecular weight is 505 g/mol. The SMILES string of the molecule is CCCCN1C(=C/C(C)=C/c2nc3c(ccc4ccccc43)s2)Sc2ccc(-c3ccccc3)cc21. The van der Waals surface area contributed by atoms with Gasteiger partial charge in [0.1, 0.15) is 5.01 Å².